The normalized spacial score (nSPS) is 18.8. The van der Waals surface area contributed by atoms with E-state index in [2.05, 4.69) is 29.8 Å². The van der Waals surface area contributed by atoms with Crippen LogP contribution >= 0.6 is 15.9 Å². The number of carboxylic acid groups (broad SMARTS) is 1. The van der Waals surface area contributed by atoms with Crippen molar-refractivity contribution in [2.75, 3.05) is 0 Å². The van der Waals surface area contributed by atoms with Gasteiger partial charge in [-0.2, -0.15) is 0 Å². The average molecular weight is 340 g/mol. The molecule has 1 aliphatic carbocycles. The first-order valence-electron chi connectivity index (χ1n) is 7.11. The fraction of sp³-hybridized carbons (Fsp3) is 0.562. The standard InChI is InChI=1S/C16H22BrNO2/c1-16(2)9-7-14(8-10-16)18(15(19)20)11-12-3-5-13(17)6-4-12/h3-6,14H,7-11H2,1-2H3,(H,19,20). The van der Waals surface area contributed by atoms with Gasteiger partial charge in [0.25, 0.3) is 0 Å². The van der Waals surface area contributed by atoms with Gasteiger partial charge in [-0.25, -0.2) is 4.79 Å². The number of hydrogen-bond acceptors (Lipinski definition) is 1. The van der Waals surface area contributed by atoms with E-state index in [9.17, 15) is 9.90 Å². The van der Waals surface area contributed by atoms with Crippen molar-refractivity contribution in [1.29, 1.82) is 0 Å². The molecule has 3 nitrogen and oxygen atoms in total. The molecule has 1 aromatic carbocycles. The van der Waals surface area contributed by atoms with Gasteiger partial charge < -0.3 is 10.0 Å². The van der Waals surface area contributed by atoms with Gasteiger partial charge in [0.05, 0.1) is 0 Å². The van der Waals surface area contributed by atoms with Crippen LogP contribution in [0.25, 0.3) is 0 Å². The Labute approximate surface area is 129 Å². The number of amides is 1. The van der Waals surface area contributed by atoms with Gasteiger partial charge in [-0.1, -0.05) is 41.9 Å². The quantitative estimate of drug-likeness (QED) is 0.850. The van der Waals surface area contributed by atoms with Crippen molar-refractivity contribution in [2.24, 2.45) is 5.41 Å². The third-order valence-electron chi connectivity index (χ3n) is 4.26. The highest BCUT2D eigenvalue weighted by Gasteiger charge is 2.32. The van der Waals surface area contributed by atoms with Crippen molar-refractivity contribution in [2.45, 2.75) is 52.1 Å². The molecule has 0 bridgehead atoms. The van der Waals surface area contributed by atoms with Gasteiger partial charge in [0.2, 0.25) is 0 Å². The molecule has 0 atom stereocenters. The zero-order valence-corrected chi connectivity index (χ0v) is 13.7. The lowest BCUT2D eigenvalue weighted by molar-refractivity contribution is 0.0852. The second kappa shape index (κ2) is 6.17. The van der Waals surface area contributed by atoms with E-state index in [0.29, 0.717) is 12.0 Å². The predicted molar refractivity (Wildman–Crippen MR) is 83.7 cm³/mol. The van der Waals surface area contributed by atoms with Crippen LogP contribution in [0.1, 0.15) is 45.1 Å². The fourth-order valence-corrected chi connectivity index (χ4v) is 3.10. The van der Waals surface area contributed by atoms with E-state index in [1.165, 1.54) is 0 Å². The van der Waals surface area contributed by atoms with E-state index in [1.807, 2.05) is 24.3 Å². The smallest absolute Gasteiger partial charge is 0.407 e. The lowest BCUT2D eigenvalue weighted by Crippen LogP contribution is -2.42. The number of halogens is 1. The van der Waals surface area contributed by atoms with Crippen molar-refractivity contribution < 1.29 is 9.90 Å². The SMILES string of the molecule is CC1(C)CCC(N(Cc2ccc(Br)cc2)C(=O)O)CC1. The molecule has 0 radical (unpaired) electrons. The third-order valence-corrected chi connectivity index (χ3v) is 4.79. The minimum absolute atomic E-state index is 0.157. The molecule has 0 aliphatic heterocycles. The van der Waals surface area contributed by atoms with Crippen molar-refractivity contribution in [3.8, 4) is 0 Å². The van der Waals surface area contributed by atoms with Crippen LogP contribution in [0, 0.1) is 5.41 Å². The molecule has 1 aliphatic rings. The molecule has 1 fully saturated rings. The zero-order valence-electron chi connectivity index (χ0n) is 12.1. The fourth-order valence-electron chi connectivity index (χ4n) is 2.84. The molecular weight excluding hydrogens is 318 g/mol. The summed E-state index contributed by atoms with van der Waals surface area (Å²) >= 11 is 3.40. The molecule has 0 unspecified atom stereocenters. The van der Waals surface area contributed by atoms with Gasteiger partial charge in [0.1, 0.15) is 0 Å². The highest BCUT2D eigenvalue weighted by molar-refractivity contribution is 9.10. The minimum Gasteiger partial charge on any atom is -0.465 e. The van der Waals surface area contributed by atoms with Gasteiger partial charge >= 0.3 is 6.09 Å². The van der Waals surface area contributed by atoms with Gasteiger partial charge in [0, 0.05) is 17.1 Å². The Balaban J connectivity index is 2.04. The summed E-state index contributed by atoms with van der Waals surface area (Å²) in [4.78, 5) is 13.2. The molecule has 2 rings (SSSR count). The lowest BCUT2D eigenvalue weighted by atomic mass is 9.75. The number of hydrogen-bond donors (Lipinski definition) is 1. The van der Waals surface area contributed by atoms with Crippen LogP contribution in [-0.4, -0.2) is 22.1 Å². The van der Waals surface area contributed by atoms with E-state index in [1.54, 1.807) is 4.90 Å². The Morgan fingerprint density at radius 1 is 1.30 bits per heavy atom. The van der Waals surface area contributed by atoms with Gasteiger partial charge in [-0.05, 0) is 48.8 Å². The molecule has 0 saturated heterocycles. The first kappa shape index (κ1) is 15.4. The summed E-state index contributed by atoms with van der Waals surface area (Å²) in [5.41, 5.74) is 1.40. The molecule has 1 amide bonds. The van der Waals surface area contributed by atoms with Crippen molar-refractivity contribution in [3.05, 3.63) is 34.3 Å². The van der Waals surface area contributed by atoms with Crippen LogP contribution < -0.4 is 0 Å². The maximum Gasteiger partial charge on any atom is 0.407 e. The molecule has 4 heteroatoms. The molecular formula is C16H22BrNO2. The van der Waals surface area contributed by atoms with E-state index in [-0.39, 0.29) is 6.04 Å². The molecule has 20 heavy (non-hydrogen) atoms. The minimum atomic E-state index is -0.808. The summed E-state index contributed by atoms with van der Waals surface area (Å²) in [6, 6.07) is 8.03. The number of benzene rings is 1. The summed E-state index contributed by atoms with van der Waals surface area (Å²) in [7, 11) is 0. The second-order valence-electron chi connectivity index (χ2n) is 6.43. The van der Waals surface area contributed by atoms with Crippen LogP contribution in [0.3, 0.4) is 0 Å². The van der Waals surface area contributed by atoms with Crippen molar-refractivity contribution in [1.82, 2.24) is 4.90 Å². The highest BCUT2D eigenvalue weighted by Crippen LogP contribution is 2.37. The highest BCUT2D eigenvalue weighted by atomic mass is 79.9. The van der Waals surface area contributed by atoms with Gasteiger partial charge in [0.15, 0.2) is 0 Å². The van der Waals surface area contributed by atoms with E-state index in [0.717, 1.165) is 35.7 Å². The predicted octanol–water partition coefficient (Wildman–Crippen LogP) is 4.90. The molecule has 1 N–H and O–H groups in total. The van der Waals surface area contributed by atoms with Gasteiger partial charge in [-0.15, -0.1) is 0 Å². The topological polar surface area (TPSA) is 40.5 Å². The van der Waals surface area contributed by atoms with Crippen molar-refractivity contribution in [3.63, 3.8) is 0 Å². The van der Waals surface area contributed by atoms with Gasteiger partial charge in [-0.3, -0.25) is 0 Å². The third kappa shape index (κ3) is 3.98. The maximum atomic E-state index is 11.5. The summed E-state index contributed by atoms with van der Waals surface area (Å²) < 4.78 is 1.02. The first-order valence-corrected chi connectivity index (χ1v) is 7.91. The molecule has 1 aromatic rings. The van der Waals surface area contributed by atoms with Crippen LogP contribution in [-0.2, 0) is 6.54 Å². The molecule has 1 saturated carbocycles. The van der Waals surface area contributed by atoms with Crippen LogP contribution in [0.2, 0.25) is 0 Å². The number of nitrogens with zero attached hydrogens (tertiary/aromatic N) is 1. The van der Waals surface area contributed by atoms with E-state index < -0.39 is 6.09 Å². The molecule has 0 heterocycles. The Morgan fingerprint density at radius 3 is 2.35 bits per heavy atom. The molecule has 0 aromatic heterocycles. The van der Waals surface area contributed by atoms with Crippen LogP contribution in [0.15, 0.2) is 28.7 Å². The Hall–Kier alpha value is -1.03. The van der Waals surface area contributed by atoms with E-state index >= 15 is 0 Å². The summed E-state index contributed by atoms with van der Waals surface area (Å²) in [6.07, 6.45) is 3.33. The Bertz CT molecular complexity index is 460. The summed E-state index contributed by atoms with van der Waals surface area (Å²) in [6.45, 7) is 5.01. The molecule has 110 valence electrons. The summed E-state index contributed by atoms with van der Waals surface area (Å²) in [5.74, 6) is 0. The number of carbonyl (C=O) groups is 1. The molecule has 0 spiro atoms. The monoisotopic (exact) mass is 339 g/mol. The Morgan fingerprint density at radius 2 is 1.85 bits per heavy atom. The zero-order chi connectivity index (χ0) is 14.8. The van der Waals surface area contributed by atoms with Crippen LogP contribution in [0.5, 0.6) is 0 Å². The largest absolute Gasteiger partial charge is 0.465 e. The average Bonchev–Trinajstić information content (AvgIpc) is 2.38. The maximum absolute atomic E-state index is 11.5. The Kier molecular flexibility index (Phi) is 4.74. The van der Waals surface area contributed by atoms with E-state index in [4.69, 9.17) is 0 Å². The summed E-state index contributed by atoms with van der Waals surface area (Å²) in [5, 5.41) is 9.49. The first-order chi connectivity index (χ1) is 9.37. The van der Waals surface area contributed by atoms with Crippen LogP contribution in [0.4, 0.5) is 4.79 Å². The number of rotatable bonds is 3. The second-order valence-corrected chi connectivity index (χ2v) is 7.35. The van der Waals surface area contributed by atoms with Crippen molar-refractivity contribution >= 4 is 22.0 Å². The lowest BCUT2D eigenvalue weighted by Gasteiger charge is -2.39.